The van der Waals surface area contributed by atoms with Gasteiger partial charge in [0, 0.05) is 6.61 Å². The van der Waals surface area contributed by atoms with Crippen LogP contribution in [0.3, 0.4) is 0 Å². The molecule has 0 amide bonds. The highest BCUT2D eigenvalue weighted by atomic mass is 16.5. The third kappa shape index (κ3) is 4.55. The van der Waals surface area contributed by atoms with Crippen LogP contribution in [0.25, 0.3) is 0 Å². The zero-order valence-electron chi connectivity index (χ0n) is 14.5. The molecule has 1 rings (SSSR count). The molecule has 0 aliphatic carbocycles. The molecule has 0 heterocycles. The first-order valence-corrected chi connectivity index (χ1v) is 8.63. The average molecular weight is 291 g/mol. The zero-order valence-corrected chi connectivity index (χ0v) is 14.5. The summed E-state index contributed by atoms with van der Waals surface area (Å²) in [6, 6.07) is 9.28. The second kappa shape index (κ2) is 9.22. The topological polar surface area (TPSA) is 21.3 Å². The zero-order chi connectivity index (χ0) is 15.7. The summed E-state index contributed by atoms with van der Waals surface area (Å²) in [5.74, 6) is 0. The van der Waals surface area contributed by atoms with Gasteiger partial charge in [0.1, 0.15) is 0 Å². The van der Waals surface area contributed by atoms with Crippen LogP contribution in [0, 0.1) is 0 Å². The molecule has 1 N–H and O–H groups in total. The maximum atomic E-state index is 6.23. The fraction of sp³-hybridized carbons (Fsp3) is 0.684. The van der Waals surface area contributed by atoms with E-state index in [4.69, 9.17) is 4.74 Å². The predicted octanol–water partition coefficient (Wildman–Crippen LogP) is 4.89. The molecule has 0 fully saturated rings. The monoisotopic (exact) mass is 291 g/mol. The Kier molecular flexibility index (Phi) is 7.98. The molecule has 0 aliphatic rings. The molecular weight excluding hydrogens is 258 g/mol. The Balaban J connectivity index is 3.16. The highest BCUT2D eigenvalue weighted by Crippen LogP contribution is 2.35. The maximum absolute atomic E-state index is 6.23. The van der Waals surface area contributed by atoms with Crippen LogP contribution in [-0.4, -0.2) is 18.8 Å². The Morgan fingerprint density at radius 1 is 1.10 bits per heavy atom. The number of likely N-dealkylation sites (N-methyl/N-ethyl adjacent to an activating group) is 1. The summed E-state index contributed by atoms with van der Waals surface area (Å²) in [5, 5.41) is 3.67. The van der Waals surface area contributed by atoms with Gasteiger partial charge in [-0.25, -0.2) is 0 Å². The average Bonchev–Trinajstić information content (AvgIpc) is 2.51. The number of rotatable bonds is 10. The van der Waals surface area contributed by atoms with Gasteiger partial charge in [-0.1, -0.05) is 58.4 Å². The lowest BCUT2D eigenvalue weighted by Crippen LogP contribution is -2.45. The van der Waals surface area contributed by atoms with Crippen LogP contribution in [0.1, 0.15) is 71.0 Å². The van der Waals surface area contributed by atoms with Gasteiger partial charge in [0.15, 0.2) is 0 Å². The lowest BCUT2D eigenvalue weighted by atomic mass is 9.83. The van der Waals surface area contributed by atoms with Gasteiger partial charge < -0.3 is 10.1 Å². The minimum atomic E-state index is -0.115. The molecule has 21 heavy (non-hydrogen) atoms. The molecule has 0 spiro atoms. The van der Waals surface area contributed by atoms with Crippen molar-refractivity contribution < 1.29 is 4.74 Å². The second-order valence-corrected chi connectivity index (χ2v) is 5.69. The van der Waals surface area contributed by atoms with Crippen molar-refractivity contribution >= 4 is 0 Å². The van der Waals surface area contributed by atoms with Crippen molar-refractivity contribution in [1.82, 2.24) is 5.32 Å². The molecule has 1 atom stereocenters. The Labute approximate surface area is 131 Å². The first-order chi connectivity index (χ1) is 10.2. The van der Waals surface area contributed by atoms with Crippen LogP contribution in [0.2, 0.25) is 0 Å². The third-order valence-electron chi connectivity index (χ3n) is 4.39. The van der Waals surface area contributed by atoms with Crippen LogP contribution < -0.4 is 5.32 Å². The minimum Gasteiger partial charge on any atom is -0.373 e. The molecule has 1 unspecified atom stereocenters. The number of aryl methyl sites for hydroxylation is 1. The molecule has 1 aromatic carbocycles. The molecule has 1 aromatic rings. The number of benzene rings is 1. The van der Waals surface area contributed by atoms with E-state index in [0.29, 0.717) is 0 Å². The van der Waals surface area contributed by atoms with Gasteiger partial charge in [-0.15, -0.1) is 0 Å². The second-order valence-electron chi connectivity index (χ2n) is 5.69. The number of hydrogen-bond donors (Lipinski definition) is 1. The standard InChI is InChI=1S/C19H33NO/c1-6-12-16-13-11-14-17(15-16)18(20-9-4)19(7-2,8-3)21-10-5/h11,13-15,18,20H,6-10,12H2,1-5H3. The molecule has 0 saturated carbocycles. The summed E-state index contributed by atoms with van der Waals surface area (Å²) in [6.07, 6.45) is 4.38. The summed E-state index contributed by atoms with van der Waals surface area (Å²) in [7, 11) is 0. The van der Waals surface area contributed by atoms with Gasteiger partial charge in [0.25, 0.3) is 0 Å². The Hall–Kier alpha value is -0.860. The highest BCUT2D eigenvalue weighted by Gasteiger charge is 2.37. The first-order valence-electron chi connectivity index (χ1n) is 8.63. The summed E-state index contributed by atoms with van der Waals surface area (Å²) in [5.41, 5.74) is 2.67. The molecule has 120 valence electrons. The normalized spacial score (nSPS) is 13.4. The molecule has 0 radical (unpaired) electrons. The number of hydrogen-bond acceptors (Lipinski definition) is 2. The molecule has 0 bridgehead atoms. The molecular formula is C19H33NO. The summed E-state index contributed by atoms with van der Waals surface area (Å²) >= 11 is 0. The van der Waals surface area contributed by atoms with Crippen molar-refractivity contribution in [3.8, 4) is 0 Å². The van der Waals surface area contributed by atoms with Crippen LogP contribution in [0.5, 0.6) is 0 Å². The lowest BCUT2D eigenvalue weighted by Gasteiger charge is -2.40. The van der Waals surface area contributed by atoms with Gasteiger partial charge in [-0.05, 0) is 43.9 Å². The van der Waals surface area contributed by atoms with Gasteiger partial charge >= 0.3 is 0 Å². The van der Waals surface area contributed by atoms with Crippen LogP contribution in [0.15, 0.2) is 24.3 Å². The van der Waals surface area contributed by atoms with Gasteiger partial charge in [-0.3, -0.25) is 0 Å². The Bertz CT molecular complexity index is 398. The summed E-state index contributed by atoms with van der Waals surface area (Å²) in [6.45, 7) is 12.7. The van der Waals surface area contributed by atoms with Crippen molar-refractivity contribution in [1.29, 1.82) is 0 Å². The van der Waals surface area contributed by atoms with Gasteiger partial charge in [0.05, 0.1) is 11.6 Å². The fourth-order valence-electron chi connectivity index (χ4n) is 3.26. The van der Waals surface area contributed by atoms with Crippen LogP contribution in [-0.2, 0) is 11.2 Å². The van der Waals surface area contributed by atoms with E-state index in [1.807, 2.05) is 0 Å². The first kappa shape index (κ1) is 18.2. The molecule has 0 aliphatic heterocycles. The van der Waals surface area contributed by atoms with Crippen LogP contribution >= 0.6 is 0 Å². The fourth-order valence-corrected chi connectivity index (χ4v) is 3.26. The van der Waals surface area contributed by atoms with E-state index in [-0.39, 0.29) is 11.6 Å². The quantitative estimate of drug-likeness (QED) is 0.663. The van der Waals surface area contributed by atoms with E-state index in [2.05, 4.69) is 64.2 Å². The van der Waals surface area contributed by atoms with Gasteiger partial charge in [-0.2, -0.15) is 0 Å². The van der Waals surface area contributed by atoms with Crippen molar-refractivity contribution in [2.75, 3.05) is 13.2 Å². The predicted molar refractivity (Wildman–Crippen MR) is 91.8 cm³/mol. The van der Waals surface area contributed by atoms with Crippen molar-refractivity contribution in [2.45, 2.75) is 71.9 Å². The minimum absolute atomic E-state index is 0.115. The molecule has 0 aromatic heterocycles. The highest BCUT2D eigenvalue weighted by molar-refractivity contribution is 5.28. The maximum Gasteiger partial charge on any atom is 0.0870 e. The van der Waals surface area contributed by atoms with Crippen molar-refractivity contribution in [2.24, 2.45) is 0 Å². The van der Waals surface area contributed by atoms with Gasteiger partial charge in [0.2, 0.25) is 0 Å². The van der Waals surface area contributed by atoms with E-state index in [1.54, 1.807) is 0 Å². The summed E-state index contributed by atoms with van der Waals surface area (Å²) in [4.78, 5) is 0. The molecule has 2 heteroatoms. The number of nitrogens with one attached hydrogen (secondary N) is 1. The van der Waals surface area contributed by atoms with E-state index < -0.39 is 0 Å². The summed E-state index contributed by atoms with van der Waals surface area (Å²) < 4.78 is 6.23. The van der Waals surface area contributed by atoms with E-state index in [1.165, 1.54) is 17.5 Å². The Morgan fingerprint density at radius 3 is 2.33 bits per heavy atom. The largest absolute Gasteiger partial charge is 0.373 e. The number of ether oxygens (including phenoxy) is 1. The van der Waals surface area contributed by atoms with Crippen molar-refractivity contribution in [3.05, 3.63) is 35.4 Å². The Morgan fingerprint density at radius 2 is 1.81 bits per heavy atom. The third-order valence-corrected chi connectivity index (χ3v) is 4.39. The smallest absolute Gasteiger partial charge is 0.0870 e. The SMILES string of the molecule is CCCc1cccc(C(NCC)C(CC)(CC)OCC)c1. The lowest BCUT2D eigenvalue weighted by molar-refractivity contribution is -0.0730. The van der Waals surface area contributed by atoms with E-state index >= 15 is 0 Å². The molecule has 2 nitrogen and oxygen atoms in total. The van der Waals surface area contributed by atoms with E-state index in [0.717, 1.165) is 32.4 Å². The van der Waals surface area contributed by atoms with Crippen molar-refractivity contribution in [3.63, 3.8) is 0 Å². The van der Waals surface area contributed by atoms with Crippen LogP contribution in [0.4, 0.5) is 0 Å². The molecule has 0 saturated heterocycles. The van der Waals surface area contributed by atoms with E-state index in [9.17, 15) is 0 Å².